The minimum Gasteiger partial charge on any atom is -0.462 e. The monoisotopic (exact) mass is 440 g/mol. The second-order valence-corrected chi connectivity index (χ2v) is 10.4. The second kappa shape index (κ2) is 9.26. The molecule has 1 aromatic carbocycles. The van der Waals surface area contributed by atoms with Crippen molar-refractivity contribution in [1.82, 2.24) is 9.88 Å². The number of fused-ring (bicyclic) bond motifs is 2. The first-order valence-electron chi connectivity index (χ1n) is 11.9. The Hall–Kier alpha value is -2.34. The smallest absolute Gasteiger partial charge is 0.313 e. The normalized spacial score (nSPS) is 26.5. The summed E-state index contributed by atoms with van der Waals surface area (Å²) in [6.07, 6.45) is 5.39. The van der Waals surface area contributed by atoms with Gasteiger partial charge >= 0.3 is 11.9 Å². The number of piperidine rings is 1. The SMILES string of the molecule is CC(=O)O[C@@H]1CC[C@H]2CN(CCc3c[nH]c4ccccc34)CC[C@H]2[C@H]1C(=O)OC(C)(C)C. The van der Waals surface area contributed by atoms with E-state index in [4.69, 9.17) is 9.47 Å². The van der Waals surface area contributed by atoms with Gasteiger partial charge in [-0.2, -0.15) is 0 Å². The van der Waals surface area contributed by atoms with Gasteiger partial charge in [0.2, 0.25) is 0 Å². The van der Waals surface area contributed by atoms with Gasteiger partial charge < -0.3 is 19.4 Å². The summed E-state index contributed by atoms with van der Waals surface area (Å²) < 4.78 is 11.4. The zero-order valence-electron chi connectivity index (χ0n) is 19.7. The van der Waals surface area contributed by atoms with Crippen molar-refractivity contribution < 1.29 is 19.1 Å². The number of aromatic nitrogens is 1. The fourth-order valence-electron chi connectivity index (χ4n) is 5.60. The van der Waals surface area contributed by atoms with Gasteiger partial charge in [0.25, 0.3) is 0 Å². The molecule has 1 aromatic heterocycles. The maximum Gasteiger partial charge on any atom is 0.313 e. The number of carbonyl (C=O) groups is 2. The van der Waals surface area contributed by atoms with E-state index in [2.05, 4.69) is 40.3 Å². The van der Waals surface area contributed by atoms with Gasteiger partial charge in [-0.3, -0.25) is 9.59 Å². The van der Waals surface area contributed by atoms with Crippen LogP contribution in [0.25, 0.3) is 10.9 Å². The van der Waals surface area contributed by atoms with Crippen LogP contribution in [0.2, 0.25) is 0 Å². The zero-order valence-corrected chi connectivity index (χ0v) is 19.7. The number of benzene rings is 1. The molecular weight excluding hydrogens is 404 g/mol. The Kier molecular flexibility index (Phi) is 6.61. The number of rotatable bonds is 5. The molecule has 1 aliphatic heterocycles. The number of carbonyl (C=O) groups excluding carboxylic acids is 2. The van der Waals surface area contributed by atoms with Crippen molar-refractivity contribution in [2.45, 2.75) is 65.1 Å². The van der Waals surface area contributed by atoms with Gasteiger partial charge in [-0.15, -0.1) is 0 Å². The molecule has 2 fully saturated rings. The van der Waals surface area contributed by atoms with Crippen LogP contribution >= 0.6 is 0 Å². The quantitative estimate of drug-likeness (QED) is 0.701. The van der Waals surface area contributed by atoms with Crippen LogP contribution in [0.5, 0.6) is 0 Å². The van der Waals surface area contributed by atoms with Crippen molar-refractivity contribution in [3.8, 4) is 0 Å². The molecule has 6 heteroatoms. The van der Waals surface area contributed by atoms with Gasteiger partial charge in [-0.25, -0.2) is 0 Å². The summed E-state index contributed by atoms with van der Waals surface area (Å²) in [5.74, 6) is -0.278. The third kappa shape index (κ3) is 5.17. The highest BCUT2D eigenvalue weighted by Gasteiger charge is 2.48. The molecular formula is C26H36N2O4. The summed E-state index contributed by atoms with van der Waals surface area (Å²) in [4.78, 5) is 30.7. The number of ether oxygens (including phenoxy) is 2. The lowest BCUT2D eigenvalue weighted by Crippen LogP contribution is -2.52. The standard InChI is InChI=1S/C26H36N2O4/c1-17(29)31-23-10-9-19-16-28(13-11-18-15-27-22-8-6-5-7-20(18)22)14-12-21(19)24(23)25(30)32-26(2,3)4/h5-8,15,19,21,23-24,27H,9-14,16H2,1-4H3/t19-,21+,23+,24+/m0/s1. The highest BCUT2D eigenvalue weighted by atomic mass is 16.6. The van der Waals surface area contributed by atoms with Gasteiger partial charge in [-0.1, -0.05) is 18.2 Å². The van der Waals surface area contributed by atoms with Gasteiger partial charge in [0.1, 0.15) is 11.7 Å². The third-order valence-electron chi connectivity index (χ3n) is 6.93. The number of esters is 2. The maximum atomic E-state index is 13.1. The lowest BCUT2D eigenvalue weighted by molar-refractivity contribution is -0.179. The lowest BCUT2D eigenvalue weighted by atomic mass is 9.67. The first kappa shape index (κ1) is 22.8. The molecule has 174 valence electrons. The number of para-hydroxylation sites is 1. The second-order valence-electron chi connectivity index (χ2n) is 10.4. The van der Waals surface area contributed by atoms with Gasteiger partial charge in [0.05, 0.1) is 5.92 Å². The van der Waals surface area contributed by atoms with Crippen molar-refractivity contribution >= 4 is 22.8 Å². The van der Waals surface area contributed by atoms with Gasteiger partial charge in [0.15, 0.2) is 0 Å². The van der Waals surface area contributed by atoms with Crippen LogP contribution in [0.15, 0.2) is 30.5 Å². The van der Waals surface area contributed by atoms with E-state index in [1.807, 2.05) is 20.8 Å². The Morgan fingerprint density at radius 2 is 1.94 bits per heavy atom. The maximum absolute atomic E-state index is 13.1. The molecule has 0 spiro atoms. The Balaban J connectivity index is 1.42. The van der Waals surface area contributed by atoms with Crippen LogP contribution in [0.4, 0.5) is 0 Å². The van der Waals surface area contributed by atoms with Crippen LogP contribution in [0.1, 0.15) is 52.5 Å². The minimum atomic E-state index is -0.551. The molecule has 2 aromatic rings. The fraction of sp³-hybridized carbons (Fsp3) is 0.615. The average molecular weight is 441 g/mol. The van der Waals surface area contributed by atoms with Crippen molar-refractivity contribution in [3.05, 3.63) is 36.0 Å². The average Bonchev–Trinajstić information content (AvgIpc) is 3.13. The van der Waals surface area contributed by atoms with Gasteiger partial charge in [-0.05, 0) is 76.5 Å². The number of H-pyrrole nitrogens is 1. The van der Waals surface area contributed by atoms with E-state index in [0.29, 0.717) is 5.92 Å². The molecule has 0 radical (unpaired) electrons. The van der Waals surface area contributed by atoms with Crippen LogP contribution in [0.3, 0.4) is 0 Å². The minimum absolute atomic E-state index is 0.201. The highest BCUT2D eigenvalue weighted by molar-refractivity contribution is 5.83. The largest absolute Gasteiger partial charge is 0.462 e. The van der Waals surface area contributed by atoms with Crippen LogP contribution in [-0.2, 0) is 25.5 Å². The summed E-state index contributed by atoms with van der Waals surface area (Å²) >= 11 is 0. The van der Waals surface area contributed by atoms with E-state index in [1.165, 1.54) is 23.4 Å². The van der Waals surface area contributed by atoms with Crippen LogP contribution < -0.4 is 0 Å². The topological polar surface area (TPSA) is 71.6 Å². The summed E-state index contributed by atoms with van der Waals surface area (Å²) in [5.41, 5.74) is 1.99. The molecule has 1 N–H and O–H groups in total. The van der Waals surface area contributed by atoms with E-state index in [1.54, 1.807) is 0 Å². The lowest BCUT2D eigenvalue weighted by Gasteiger charge is -2.47. The first-order chi connectivity index (χ1) is 15.2. The molecule has 2 heterocycles. The summed E-state index contributed by atoms with van der Waals surface area (Å²) in [7, 11) is 0. The Labute approximate surface area is 190 Å². The molecule has 0 amide bonds. The molecule has 1 saturated carbocycles. The predicted molar refractivity (Wildman–Crippen MR) is 124 cm³/mol. The number of nitrogens with one attached hydrogen (secondary N) is 1. The van der Waals surface area contributed by atoms with Crippen molar-refractivity contribution in [3.63, 3.8) is 0 Å². The van der Waals surface area contributed by atoms with E-state index in [0.717, 1.165) is 45.3 Å². The third-order valence-corrected chi connectivity index (χ3v) is 6.93. The summed E-state index contributed by atoms with van der Waals surface area (Å²) in [5, 5.41) is 1.30. The van der Waals surface area contributed by atoms with E-state index in [-0.39, 0.29) is 29.9 Å². The van der Waals surface area contributed by atoms with E-state index in [9.17, 15) is 9.59 Å². The molecule has 1 aliphatic carbocycles. The summed E-state index contributed by atoms with van der Waals surface area (Å²) in [6.45, 7) is 10.0. The molecule has 6 nitrogen and oxygen atoms in total. The molecule has 2 aliphatic rings. The van der Waals surface area contributed by atoms with Crippen molar-refractivity contribution in [2.75, 3.05) is 19.6 Å². The number of nitrogens with zero attached hydrogens (tertiary/aromatic N) is 1. The summed E-state index contributed by atoms with van der Waals surface area (Å²) in [6, 6.07) is 8.43. The fourth-order valence-corrected chi connectivity index (χ4v) is 5.60. The van der Waals surface area contributed by atoms with Crippen LogP contribution in [0, 0.1) is 17.8 Å². The molecule has 32 heavy (non-hydrogen) atoms. The Morgan fingerprint density at radius 1 is 1.16 bits per heavy atom. The number of likely N-dealkylation sites (tertiary alicyclic amines) is 1. The first-order valence-corrected chi connectivity index (χ1v) is 11.9. The van der Waals surface area contributed by atoms with E-state index >= 15 is 0 Å². The highest BCUT2D eigenvalue weighted by Crippen LogP contribution is 2.42. The number of aromatic amines is 1. The Bertz CT molecular complexity index is 960. The van der Waals surface area contributed by atoms with Crippen molar-refractivity contribution in [1.29, 1.82) is 0 Å². The van der Waals surface area contributed by atoms with Crippen molar-refractivity contribution in [2.24, 2.45) is 17.8 Å². The molecule has 0 unspecified atom stereocenters. The molecule has 1 saturated heterocycles. The molecule has 4 atom stereocenters. The number of hydrogen-bond donors (Lipinski definition) is 1. The Morgan fingerprint density at radius 3 is 2.69 bits per heavy atom. The van der Waals surface area contributed by atoms with E-state index < -0.39 is 5.60 Å². The molecule has 0 bridgehead atoms. The predicted octanol–water partition coefficient (Wildman–Crippen LogP) is 4.33. The zero-order chi connectivity index (χ0) is 22.9. The number of hydrogen-bond acceptors (Lipinski definition) is 5. The van der Waals surface area contributed by atoms with Gasteiger partial charge in [0, 0.05) is 37.1 Å². The van der Waals surface area contributed by atoms with Crippen LogP contribution in [-0.4, -0.2) is 53.2 Å². The molecule has 4 rings (SSSR count).